The number of aromatic nitrogens is 2. The van der Waals surface area contributed by atoms with Crippen molar-refractivity contribution in [3.05, 3.63) is 29.4 Å². The number of ether oxygens (including phenoxy) is 1. The predicted octanol–water partition coefficient (Wildman–Crippen LogP) is 6.69. The minimum atomic E-state index is -0.552. The van der Waals surface area contributed by atoms with Crippen LogP contribution in [-0.4, -0.2) is 40.0 Å². The molecule has 37 heavy (non-hydrogen) atoms. The number of hydrogen-bond donors (Lipinski definition) is 1. The van der Waals surface area contributed by atoms with Gasteiger partial charge in [0.2, 0.25) is 0 Å². The van der Waals surface area contributed by atoms with Crippen molar-refractivity contribution in [1.82, 2.24) is 9.78 Å². The topological polar surface area (TPSA) is 64.3 Å². The Hall–Kier alpha value is -1.43. The highest BCUT2D eigenvalue weighted by Gasteiger charge is 2.62. The maximum absolute atomic E-state index is 13.7. The summed E-state index contributed by atoms with van der Waals surface area (Å²) in [6.07, 6.45) is 12.8. The number of hydrogen-bond acceptors (Lipinski definition) is 4. The van der Waals surface area contributed by atoms with E-state index in [1.54, 1.807) is 7.11 Å². The Morgan fingerprint density at radius 3 is 2.73 bits per heavy atom. The average Bonchev–Trinajstić information content (AvgIpc) is 3.42. The number of carbonyl (C=O) groups excluding carboxylic acids is 1. The van der Waals surface area contributed by atoms with Gasteiger partial charge < -0.3 is 9.84 Å². The number of rotatable bonds is 6. The summed E-state index contributed by atoms with van der Waals surface area (Å²) >= 11 is 6.14. The van der Waals surface area contributed by atoms with Gasteiger partial charge in [-0.25, -0.2) is 0 Å². The van der Waals surface area contributed by atoms with Crippen LogP contribution in [0.25, 0.3) is 10.9 Å². The van der Waals surface area contributed by atoms with E-state index < -0.39 is 5.60 Å². The minimum Gasteiger partial charge on any atom is -0.390 e. The van der Waals surface area contributed by atoms with Gasteiger partial charge in [-0.05, 0) is 117 Å². The molecule has 1 N–H and O–H groups in total. The van der Waals surface area contributed by atoms with Gasteiger partial charge in [0.25, 0.3) is 0 Å². The summed E-state index contributed by atoms with van der Waals surface area (Å²) < 4.78 is 7.13. The van der Waals surface area contributed by atoms with E-state index in [1.807, 2.05) is 29.1 Å². The predicted molar refractivity (Wildman–Crippen MR) is 146 cm³/mol. The Morgan fingerprint density at radius 1 is 1.11 bits per heavy atom. The molecule has 0 spiro atoms. The van der Waals surface area contributed by atoms with E-state index in [-0.39, 0.29) is 11.3 Å². The van der Waals surface area contributed by atoms with Crippen molar-refractivity contribution in [3.8, 4) is 0 Å². The van der Waals surface area contributed by atoms with E-state index in [0.29, 0.717) is 41.2 Å². The highest BCUT2D eigenvalue weighted by Crippen LogP contribution is 2.68. The monoisotopic (exact) mass is 526 g/mol. The highest BCUT2D eigenvalue weighted by atomic mass is 35.5. The van der Waals surface area contributed by atoms with Crippen molar-refractivity contribution < 1.29 is 14.6 Å². The third-order valence-corrected chi connectivity index (χ3v) is 12.1. The van der Waals surface area contributed by atoms with Crippen LogP contribution in [-0.2, 0) is 16.1 Å². The van der Waals surface area contributed by atoms with Gasteiger partial charge in [0.05, 0.1) is 17.7 Å². The molecule has 0 bridgehead atoms. The van der Waals surface area contributed by atoms with Crippen LogP contribution >= 0.6 is 11.6 Å². The van der Waals surface area contributed by atoms with Gasteiger partial charge in [-0.3, -0.25) is 9.48 Å². The molecule has 8 atom stereocenters. The molecule has 4 aliphatic carbocycles. The summed E-state index contributed by atoms with van der Waals surface area (Å²) in [5.74, 6) is 3.18. The maximum Gasteiger partial charge on any atom is 0.157 e. The van der Waals surface area contributed by atoms with Crippen LogP contribution in [0.2, 0.25) is 5.02 Å². The lowest BCUT2D eigenvalue weighted by atomic mass is 9.43. The molecule has 202 valence electrons. The second-order valence-corrected chi connectivity index (χ2v) is 13.9. The first kappa shape index (κ1) is 25.8. The Balaban J connectivity index is 1.17. The van der Waals surface area contributed by atoms with Crippen LogP contribution in [0.5, 0.6) is 0 Å². The van der Waals surface area contributed by atoms with E-state index in [0.717, 1.165) is 61.3 Å². The molecule has 0 amide bonds. The largest absolute Gasteiger partial charge is 0.390 e. The zero-order chi connectivity index (χ0) is 26.0. The fourth-order valence-corrected chi connectivity index (χ4v) is 9.93. The van der Waals surface area contributed by atoms with Crippen molar-refractivity contribution in [1.29, 1.82) is 0 Å². The van der Waals surface area contributed by atoms with Crippen LogP contribution in [0.15, 0.2) is 24.4 Å². The number of methoxy groups -OCH3 is 1. The van der Waals surface area contributed by atoms with Gasteiger partial charge in [-0.2, -0.15) is 5.10 Å². The van der Waals surface area contributed by atoms with Crippen LogP contribution in [0, 0.1) is 40.4 Å². The molecule has 6 rings (SSSR count). The number of benzene rings is 1. The zero-order valence-electron chi connectivity index (χ0n) is 22.7. The molecule has 4 aliphatic rings. The Labute approximate surface area is 226 Å². The van der Waals surface area contributed by atoms with Crippen LogP contribution in [0.1, 0.15) is 78.1 Å². The van der Waals surface area contributed by atoms with Crippen molar-refractivity contribution in [2.24, 2.45) is 40.4 Å². The summed E-state index contributed by atoms with van der Waals surface area (Å²) in [6, 6.07) is 5.72. The normalized spacial score (nSPS) is 41.3. The van der Waals surface area contributed by atoms with Crippen LogP contribution < -0.4 is 0 Å². The first-order valence-electron chi connectivity index (χ1n) is 14.5. The standard InChI is InChI=1S/C31H43ClN2O3/c1-29-12-13-31(36,14-15-37-3)17-21(29)5-7-23-24-8-9-26(30(24,2)11-10-25(23)29)28(35)19-34-18-20-4-6-22(32)16-27(20)33-34/h4,6,16,18,21,23-26,36H,5,7-15,17,19H2,1-3H3/t21-,23-,24-,25-,26+,29-,30-,31-/m0/s1. The van der Waals surface area contributed by atoms with Crippen LogP contribution in [0.3, 0.4) is 0 Å². The number of fused-ring (bicyclic) bond motifs is 6. The summed E-state index contributed by atoms with van der Waals surface area (Å²) in [5, 5.41) is 17.6. The molecular formula is C31H43ClN2O3. The first-order valence-corrected chi connectivity index (χ1v) is 14.9. The lowest BCUT2D eigenvalue weighted by molar-refractivity contribution is -0.157. The average molecular weight is 527 g/mol. The fraction of sp³-hybridized carbons (Fsp3) is 0.742. The summed E-state index contributed by atoms with van der Waals surface area (Å²) in [6.45, 7) is 5.97. The molecule has 5 nitrogen and oxygen atoms in total. The highest BCUT2D eigenvalue weighted by molar-refractivity contribution is 6.31. The van der Waals surface area contributed by atoms with Gasteiger partial charge in [-0.1, -0.05) is 25.4 Å². The first-order chi connectivity index (χ1) is 17.6. The molecule has 0 radical (unpaired) electrons. The molecule has 4 fully saturated rings. The number of aliphatic hydroxyl groups is 1. The number of halogens is 1. The summed E-state index contributed by atoms with van der Waals surface area (Å²) in [7, 11) is 1.73. The van der Waals surface area contributed by atoms with Crippen LogP contribution in [0.4, 0.5) is 0 Å². The van der Waals surface area contributed by atoms with Gasteiger partial charge in [-0.15, -0.1) is 0 Å². The van der Waals surface area contributed by atoms with Crippen molar-refractivity contribution in [2.75, 3.05) is 13.7 Å². The molecule has 0 unspecified atom stereocenters. The molecule has 0 aliphatic heterocycles. The summed E-state index contributed by atoms with van der Waals surface area (Å²) in [5.41, 5.74) is 0.722. The van der Waals surface area contributed by atoms with Crippen molar-refractivity contribution >= 4 is 28.3 Å². The number of Topliss-reactive ketones (excluding diaryl/α,β-unsaturated/α-hetero) is 1. The summed E-state index contributed by atoms with van der Waals surface area (Å²) in [4.78, 5) is 13.7. The van der Waals surface area contributed by atoms with E-state index >= 15 is 0 Å². The number of nitrogens with zero attached hydrogens (tertiary/aromatic N) is 2. The van der Waals surface area contributed by atoms with Gasteiger partial charge in [0, 0.05) is 36.2 Å². The molecule has 1 aromatic carbocycles. The lowest BCUT2D eigenvalue weighted by Crippen LogP contribution is -2.56. The van der Waals surface area contributed by atoms with E-state index in [9.17, 15) is 9.90 Å². The molecular weight excluding hydrogens is 484 g/mol. The van der Waals surface area contributed by atoms with Gasteiger partial charge >= 0.3 is 0 Å². The van der Waals surface area contributed by atoms with Gasteiger partial charge in [0.15, 0.2) is 5.78 Å². The van der Waals surface area contributed by atoms with E-state index in [1.165, 1.54) is 25.7 Å². The van der Waals surface area contributed by atoms with E-state index in [4.69, 9.17) is 16.3 Å². The lowest BCUT2D eigenvalue weighted by Gasteiger charge is -2.62. The smallest absolute Gasteiger partial charge is 0.157 e. The van der Waals surface area contributed by atoms with Crippen molar-refractivity contribution in [2.45, 2.75) is 90.2 Å². The van der Waals surface area contributed by atoms with E-state index in [2.05, 4.69) is 18.9 Å². The fourth-order valence-electron chi connectivity index (χ4n) is 9.76. The molecule has 2 aromatic rings. The Bertz CT molecular complexity index is 1180. The second-order valence-electron chi connectivity index (χ2n) is 13.5. The molecule has 1 heterocycles. The van der Waals surface area contributed by atoms with Gasteiger partial charge in [0.1, 0.15) is 0 Å². The minimum absolute atomic E-state index is 0.102. The Morgan fingerprint density at radius 2 is 1.92 bits per heavy atom. The number of ketones is 1. The third kappa shape index (κ3) is 4.28. The maximum atomic E-state index is 13.7. The molecule has 1 aromatic heterocycles. The zero-order valence-corrected chi connectivity index (χ0v) is 23.5. The van der Waals surface area contributed by atoms with Crippen molar-refractivity contribution in [3.63, 3.8) is 0 Å². The second kappa shape index (κ2) is 9.34. The number of carbonyl (C=O) groups is 1. The molecule has 4 saturated carbocycles. The quantitative estimate of drug-likeness (QED) is 0.455. The molecule has 6 heteroatoms. The SMILES string of the molecule is COCC[C@@]1(O)CC[C@@]2(C)[C@@H](CC[C@@H]3[C@@H]2CC[C@]2(C)[C@@H](C(=O)Cn4cc5ccc(Cl)cc5n4)CC[C@@H]32)C1. The Kier molecular flexibility index (Phi) is 6.52. The molecule has 0 saturated heterocycles. The third-order valence-electron chi connectivity index (χ3n) is 11.8.